The number of fused-ring (bicyclic) bond motifs is 1. The van der Waals surface area contributed by atoms with Crippen LogP contribution in [0.2, 0.25) is 0 Å². The number of hydrogen-bond donors (Lipinski definition) is 6. The topological polar surface area (TPSA) is 166 Å². The molecule has 208 valence electrons. The fraction of sp³-hybridized carbons (Fsp3) is 0.379. The summed E-state index contributed by atoms with van der Waals surface area (Å²) in [5, 5.41) is 18.1. The van der Waals surface area contributed by atoms with Gasteiger partial charge in [-0.3, -0.25) is 19.2 Å². The lowest BCUT2D eigenvalue weighted by Crippen LogP contribution is -2.58. The Morgan fingerprint density at radius 3 is 2.10 bits per heavy atom. The fourth-order valence-corrected chi connectivity index (χ4v) is 4.22. The van der Waals surface area contributed by atoms with Crippen molar-refractivity contribution >= 4 is 34.6 Å². The molecule has 1 heterocycles. The van der Waals surface area contributed by atoms with Crippen molar-refractivity contribution in [2.24, 2.45) is 11.7 Å². The first-order valence-corrected chi connectivity index (χ1v) is 13.1. The lowest BCUT2D eigenvalue weighted by atomic mass is 9.98. The van der Waals surface area contributed by atoms with Crippen LogP contribution in [-0.4, -0.2) is 57.9 Å². The van der Waals surface area contributed by atoms with E-state index in [9.17, 15) is 24.3 Å². The number of amides is 3. The van der Waals surface area contributed by atoms with Gasteiger partial charge in [0.25, 0.3) is 0 Å². The van der Waals surface area contributed by atoms with Gasteiger partial charge >= 0.3 is 5.97 Å². The van der Waals surface area contributed by atoms with E-state index in [4.69, 9.17) is 5.73 Å². The number of nitrogens with two attached hydrogens (primary N) is 1. The Labute approximate surface area is 227 Å². The molecule has 10 heteroatoms. The van der Waals surface area contributed by atoms with Crippen molar-refractivity contribution < 1.29 is 24.3 Å². The van der Waals surface area contributed by atoms with Crippen LogP contribution in [0.15, 0.2) is 60.8 Å². The second-order valence-corrected chi connectivity index (χ2v) is 9.86. The van der Waals surface area contributed by atoms with E-state index in [2.05, 4.69) is 20.9 Å². The first kappa shape index (κ1) is 29.4. The number of nitrogens with one attached hydrogen (secondary N) is 4. The molecule has 1 aromatic heterocycles. The molecule has 0 aliphatic rings. The summed E-state index contributed by atoms with van der Waals surface area (Å²) in [7, 11) is 0. The number of carbonyl (C=O) groups is 4. The Kier molecular flexibility index (Phi) is 10.2. The van der Waals surface area contributed by atoms with E-state index in [1.807, 2.05) is 68.4 Å². The Hall–Kier alpha value is -4.18. The molecule has 0 spiro atoms. The minimum atomic E-state index is -1.20. The maximum atomic E-state index is 13.6. The monoisotopic (exact) mass is 535 g/mol. The van der Waals surface area contributed by atoms with Crippen molar-refractivity contribution in [2.75, 3.05) is 0 Å². The maximum absolute atomic E-state index is 13.6. The van der Waals surface area contributed by atoms with Gasteiger partial charge in [-0.25, -0.2) is 0 Å². The largest absolute Gasteiger partial charge is 0.480 e. The average molecular weight is 536 g/mol. The lowest BCUT2D eigenvalue weighted by molar-refractivity contribution is -0.141. The van der Waals surface area contributed by atoms with Gasteiger partial charge in [0.2, 0.25) is 17.7 Å². The van der Waals surface area contributed by atoms with Gasteiger partial charge in [-0.15, -0.1) is 0 Å². The minimum Gasteiger partial charge on any atom is -0.480 e. The molecule has 7 N–H and O–H groups in total. The SMILES string of the molecule is CCC(C)C(N)C(=O)NC(Cc1ccccc1)C(=O)NC(Cc1c[nH]c2ccccc12)C(=O)NC(C)C(=O)O. The predicted molar refractivity (Wildman–Crippen MR) is 149 cm³/mol. The van der Waals surface area contributed by atoms with E-state index in [0.29, 0.717) is 6.42 Å². The molecule has 39 heavy (non-hydrogen) atoms. The van der Waals surface area contributed by atoms with Gasteiger partial charge in [0.1, 0.15) is 18.1 Å². The number of H-pyrrole nitrogens is 1. The van der Waals surface area contributed by atoms with E-state index >= 15 is 0 Å². The van der Waals surface area contributed by atoms with Crippen LogP contribution in [0.25, 0.3) is 10.9 Å². The van der Waals surface area contributed by atoms with Crippen LogP contribution in [0.5, 0.6) is 0 Å². The molecular weight excluding hydrogens is 498 g/mol. The number of para-hydroxylation sites is 1. The van der Waals surface area contributed by atoms with Gasteiger partial charge in [-0.1, -0.05) is 68.8 Å². The number of hydrogen-bond acceptors (Lipinski definition) is 5. The quantitative estimate of drug-likeness (QED) is 0.195. The highest BCUT2D eigenvalue weighted by Crippen LogP contribution is 2.19. The van der Waals surface area contributed by atoms with Crippen molar-refractivity contribution in [3.05, 3.63) is 71.9 Å². The van der Waals surface area contributed by atoms with Crippen molar-refractivity contribution in [1.29, 1.82) is 0 Å². The van der Waals surface area contributed by atoms with Crippen LogP contribution >= 0.6 is 0 Å². The molecule has 3 rings (SSSR count). The third-order valence-corrected chi connectivity index (χ3v) is 6.94. The predicted octanol–water partition coefficient (Wildman–Crippen LogP) is 1.89. The zero-order chi connectivity index (χ0) is 28.5. The highest BCUT2D eigenvalue weighted by atomic mass is 16.4. The first-order chi connectivity index (χ1) is 18.6. The standard InChI is InChI=1S/C29H37N5O5/c1-4-17(2)25(30)28(37)34-23(14-19-10-6-5-7-11-19)27(36)33-24(26(35)32-18(3)29(38)39)15-20-16-31-22-13-9-8-12-21(20)22/h5-13,16-18,23-25,31H,4,14-15,30H2,1-3H3,(H,32,35)(H,33,36)(H,34,37)(H,38,39). The number of carboxylic acids is 1. The third kappa shape index (κ3) is 7.90. The van der Waals surface area contributed by atoms with E-state index in [1.54, 1.807) is 6.20 Å². The van der Waals surface area contributed by atoms with Gasteiger partial charge in [0.05, 0.1) is 6.04 Å². The number of carboxylic acid groups (broad SMARTS) is 1. The number of aromatic nitrogens is 1. The summed E-state index contributed by atoms with van der Waals surface area (Å²) in [4.78, 5) is 54.2. The summed E-state index contributed by atoms with van der Waals surface area (Å²) in [6.45, 7) is 5.14. The molecule has 0 aliphatic carbocycles. The summed E-state index contributed by atoms with van der Waals surface area (Å²) in [5.74, 6) is -2.98. The van der Waals surface area contributed by atoms with E-state index in [-0.39, 0.29) is 18.8 Å². The average Bonchev–Trinajstić information content (AvgIpc) is 3.34. The Morgan fingerprint density at radius 2 is 1.44 bits per heavy atom. The van der Waals surface area contributed by atoms with Crippen molar-refractivity contribution in [3.63, 3.8) is 0 Å². The Morgan fingerprint density at radius 1 is 0.846 bits per heavy atom. The number of aliphatic carboxylic acids is 1. The van der Waals surface area contributed by atoms with Gasteiger partial charge in [0, 0.05) is 29.9 Å². The molecule has 3 aromatic rings. The van der Waals surface area contributed by atoms with Crippen LogP contribution < -0.4 is 21.7 Å². The van der Waals surface area contributed by atoms with Crippen LogP contribution in [0.1, 0.15) is 38.3 Å². The summed E-state index contributed by atoms with van der Waals surface area (Å²) in [6.07, 6.45) is 2.73. The van der Waals surface area contributed by atoms with Gasteiger partial charge in [0.15, 0.2) is 0 Å². The highest BCUT2D eigenvalue weighted by molar-refractivity contribution is 5.95. The molecule has 0 bridgehead atoms. The molecule has 5 atom stereocenters. The van der Waals surface area contributed by atoms with Crippen molar-refractivity contribution in [2.45, 2.75) is 64.2 Å². The van der Waals surface area contributed by atoms with Crippen LogP contribution in [0.3, 0.4) is 0 Å². The van der Waals surface area contributed by atoms with E-state index < -0.39 is 47.9 Å². The molecule has 2 aromatic carbocycles. The van der Waals surface area contributed by atoms with Crippen molar-refractivity contribution in [1.82, 2.24) is 20.9 Å². The Balaban J connectivity index is 1.87. The second kappa shape index (κ2) is 13.6. The number of benzene rings is 2. The zero-order valence-corrected chi connectivity index (χ0v) is 22.4. The zero-order valence-electron chi connectivity index (χ0n) is 22.4. The number of aromatic amines is 1. The van der Waals surface area contributed by atoms with E-state index in [0.717, 1.165) is 22.0 Å². The molecule has 5 unspecified atom stereocenters. The first-order valence-electron chi connectivity index (χ1n) is 13.1. The molecular formula is C29H37N5O5. The summed E-state index contributed by atoms with van der Waals surface area (Å²) in [5.41, 5.74) is 8.57. The fourth-order valence-electron chi connectivity index (χ4n) is 4.22. The van der Waals surface area contributed by atoms with Gasteiger partial charge < -0.3 is 31.8 Å². The molecule has 0 aliphatic heterocycles. The van der Waals surface area contributed by atoms with Gasteiger partial charge in [-0.2, -0.15) is 0 Å². The van der Waals surface area contributed by atoms with Crippen LogP contribution in [0, 0.1) is 5.92 Å². The summed E-state index contributed by atoms with van der Waals surface area (Å²) >= 11 is 0. The Bertz CT molecular complexity index is 1290. The van der Waals surface area contributed by atoms with Crippen molar-refractivity contribution in [3.8, 4) is 0 Å². The number of carbonyl (C=O) groups excluding carboxylic acids is 3. The highest BCUT2D eigenvalue weighted by Gasteiger charge is 2.31. The normalized spacial score (nSPS) is 15.0. The summed E-state index contributed by atoms with van der Waals surface area (Å²) in [6, 6.07) is 12.7. The maximum Gasteiger partial charge on any atom is 0.325 e. The molecule has 10 nitrogen and oxygen atoms in total. The van der Waals surface area contributed by atoms with Crippen LogP contribution in [0.4, 0.5) is 0 Å². The smallest absolute Gasteiger partial charge is 0.325 e. The lowest BCUT2D eigenvalue weighted by Gasteiger charge is -2.26. The molecule has 0 fully saturated rings. The van der Waals surface area contributed by atoms with Crippen LogP contribution in [-0.2, 0) is 32.0 Å². The van der Waals surface area contributed by atoms with Gasteiger partial charge in [-0.05, 0) is 30.0 Å². The summed E-state index contributed by atoms with van der Waals surface area (Å²) < 4.78 is 0. The molecule has 0 saturated carbocycles. The third-order valence-electron chi connectivity index (χ3n) is 6.94. The molecule has 0 saturated heterocycles. The number of rotatable bonds is 13. The second-order valence-electron chi connectivity index (χ2n) is 9.86. The van der Waals surface area contributed by atoms with E-state index in [1.165, 1.54) is 6.92 Å². The minimum absolute atomic E-state index is 0.0941. The molecule has 3 amide bonds. The molecule has 0 radical (unpaired) electrons.